The lowest BCUT2D eigenvalue weighted by Gasteiger charge is -2.09. The number of aryl methyl sites for hydroxylation is 1. The van der Waals surface area contributed by atoms with Crippen LogP contribution in [-0.4, -0.2) is 0 Å². The van der Waals surface area contributed by atoms with E-state index < -0.39 is 23.0 Å². The van der Waals surface area contributed by atoms with Crippen molar-refractivity contribution in [3.8, 4) is 29.0 Å². The molecule has 4 rings (SSSR count). The molecule has 0 aliphatic carbocycles. The van der Waals surface area contributed by atoms with Crippen molar-refractivity contribution in [3.05, 3.63) is 106 Å². The molecule has 0 amide bonds. The van der Waals surface area contributed by atoms with E-state index in [1.807, 2.05) is 24.3 Å². The normalized spacial score (nSPS) is 10.4. The van der Waals surface area contributed by atoms with Crippen molar-refractivity contribution in [1.82, 2.24) is 0 Å². The van der Waals surface area contributed by atoms with Gasteiger partial charge in [0.05, 0.1) is 0 Å². The zero-order valence-corrected chi connectivity index (χ0v) is 16.6. The molecule has 0 aliphatic heterocycles. The number of benzene rings is 4. The van der Waals surface area contributed by atoms with Crippen molar-refractivity contribution in [2.45, 2.75) is 13.3 Å². The smallest absolute Gasteiger partial charge is 0.144 e. The molecule has 0 atom stereocenters. The molecule has 0 spiro atoms. The minimum Gasteiger partial charge on any atom is -0.206 e. The van der Waals surface area contributed by atoms with Gasteiger partial charge < -0.3 is 0 Å². The Morgan fingerprint density at radius 2 is 1.42 bits per heavy atom. The molecule has 0 unspecified atom stereocenters. The van der Waals surface area contributed by atoms with Gasteiger partial charge in [-0.25, -0.2) is 13.2 Å². The van der Waals surface area contributed by atoms with Crippen LogP contribution in [0.5, 0.6) is 0 Å². The van der Waals surface area contributed by atoms with Crippen LogP contribution in [0.3, 0.4) is 0 Å². The highest BCUT2D eigenvalue weighted by molar-refractivity contribution is 5.89. The quantitative estimate of drug-likeness (QED) is 0.334. The van der Waals surface area contributed by atoms with Crippen LogP contribution in [0, 0.1) is 40.6 Å². The van der Waals surface area contributed by atoms with Crippen molar-refractivity contribution in [2.24, 2.45) is 0 Å². The molecule has 4 aromatic rings. The third-order valence-electron chi connectivity index (χ3n) is 5.13. The monoisotopic (exact) mass is 411 g/mol. The first-order valence-electron chi connectivity index (χ1n) is 9.73. The molecule has 0 bridgehead atoms. The Hall–Kier alpha value is -4.02. The van der Waals surface area contributed by atoms with E-state index >= 15 is 4.39 Å². The van der Waals surface area contributed by atoms with Crippen molar-refractivity contribution < 1.29 is 13.2 Å². The summed E-state index contributed by atoms with van der Waals surface area (Å²) in [6.07, 6.45) is 0.966. The van der Waals surface area contributed by atoms with Crippen LogP contribution in [-0.2, 0) is 6.42 Å². The molecule has 0 fully saturated rings. The summed E-state index contributed by atoms with van der Waals surface area (Å²) < 4.78 is 43.0. The molecule has 0 saturated heterocycles. The van der Waals surface area contributed by atoms with Gasteiger partial charge in [0.2, 0.25) is 0 Å². The van der Waals surface area contributed by atoms with Gasteiger partial charge in [-0.3, -0.25) is 0 Å². The molecule has 4 aromatic carbocycles. The molecule has 0 heterocycles. The van der Waals surface area contributed by atoms with Gasteiger partial charge in [-0.1, -0.05) is 49.1 Å². The molecule has 1 nitrogen and oxygen atoms in total. The molecule has 0 aliphatic rings. The summed E-state index contributed by atoms with van der Waals surface area (Å²) in [5, 5.41) is 9.76. The Bertz CT molecular complexity index is 1380. The molecule has 0 aromatic heterocycles. The van der Waals surface area contributed by atoms with Gasteiger partial charge in [0.25, 0.3) is 0 Å². The average Bonchev–Trinajstić information content (AvgIpc) is 2.78. The summed E-state index contributed by atoms with van der Waals surface area (Å²) in [7, 11) is 0. The number of hydrogen-bond donors (Lipinski definition) is 0. The summed E-state index contributed by atoms with van der Waals surface area (Å²) in [6, 6.07) is 19.7. The van der Waals surface area contributed by atoms with Crippen LogP contribution in [0.2, 0.25) is 0 Å². The maximum absolute atomic E-state index is 15.1. The van der Waals surface area contributed by atoms with Crippen molar-refractivity contribution >= 4 is 10.8 Å². The van der Waals surface area contributed by atoms with E-state index in [1.165, 1.54) is 17.7 Å². The first kappa shape index (κ1) is 20.3. The molecule has 4 heteroatoms. The Kier molecular flexibility index (Phi) is 5.48. The Morgan fingerprint density at radius 1 is 0.774 bits per heavy atom. The summed E-state index contributed by atoms with van der Waals surface area (Å²) in [5.74, 6) is 3.56. The SMILES string of the molecule is CCc1ccc(C#Cc2ccc3c(F)c(-c4cc(F)c(C#N)c(F)c4)ccc3c2)cc1. The zero-order chi connectivity index (χ0) is 22.0. The summed E-state index contributed by atoms with van der Waals surface area (Å²) in [4.78, 5) is 0. The number of fused-ring (bicyclic) bond motifs is 1. The van der Waals surface area contributed by atoms with Gasteiger partial charge in [0.15, 0.2) is 0 Å². The Labute approximate surface area is 178 Å². The largest absolute Gasteiger partial charge is 0.206 e. The van der Waals surface area contributed by atoms with E-state index in [-0.39, 0.29) is 11.1 Å². The maximum Gasteiger partial charge on any atom is 0.144 e. The van der Waals surface area contributed by atoms with Crippen molar-refractivity contribution in [2.75, 3.05) is 0 Å². The van der Waals surface area contributed by atoms with Gasteiger partial charge >= 0.3 is 0 Å². The van der Waals surface area contributed by atoms with Crippen molar-refractivity contribution in [1.29, 1.82) is 5.26 Å². The van der Waals surface area contributed by atoms with Gasteiger partial charge in [-0.05, 0) is 59.3 Å². The number of nitriles is 1. The highest BCUT2D eigenvalue weighted by Crippen LogP contribution is 2.31. The first-order valence-corrected chi connectivity index (χ1v) is 9.73. The summed E-state index contributed by atoms with van der Waals surface area (Å²) in [6.45, 7) is 2.09. The fraction of sp³-hybridized carbons (Fsp3) is 0.0741. The molecule has 31 heavy (non-hydrogen) atoms. The zero-order valence-electron chi connectivity index (χ0n) is 16.6. The lowest BCUT2D eigenvalue weighted by Crippen LogP contribution is -1.94. The molecule has 0 radical (unpaired) electrons. The highest BCUT2D eigenvalue weighted by atomic mass is 19.1. The van der Waals surface area contributed by atoms with Crippen LogP contribution < -0.4 is 0 Å². The number of halogens is 3. The van der Waals surface area contributed by atoms with Crippen molar-refractivity contribution in [3.63, 3.8) is 0 Å². The fourth-order valence-corrected chi connectivity index (χ4v) is 3.40. The van der Waals surface area contributed by atoms with E-state index in [1.54, 1.807) is 24.3 Å². The average molecular weight is 411 g/mol. The van der Waals surface area contributed by atoms with E-state index in [0.29, 0.717) is 10.8 Å². The lowest BCUT2D eigenvalue weighted by atomic mass is 9.98. The second-order valence-electron chi connectivity index (χ2n) is 7.09. The third kappa shape index (κ3) is 4.02. The molecular formula is C27H16F3N. The van der Waals surface area contributed by atoms with E-state index in [9.17, 15) is 8.78 Å². The standard InChI is InChI=1S/C27H16F3N/c1-2-17-3-5-18(6-4-17)7-8-19-9-11-22-20(13-19)10-12-23(27(22)30)21-14-25(28)24(16-31)26(29)15-21/h3-6,9-15H,2H2,1H3. The number of hydrogen-bond acceptors (Lipinski definition) is 1. The van der Waals surface area contributed by atoms with E-state index in [0.717, 1.165) is 29.7 Å². The number of nitrogens with zero attached hydrogens (tertiary/aromatic N) is 1. The minimum absolute atomic E-state index is 0.0350. The lowest BCUT2D eigenvalue weighted by molar-refractivity contribution is 0.577. The predicted octanol–water partition coefficient (Wildman–Crippen LogP) is 6.76. The Morgan fingerprint density at radius 3 is 2.06 bits per heavy atom. The van der Waals surface area contributed by atoms with Crippen LogP contribution >= 0.6 is 0 Å². The fourth-order valence-electron chi connectivity index (χ4n) is 3.40. The van der Waals surface area contributed by atoms with Crippen LogP contribution in [0.4, 0.5) is 13.2 Å². The highest BCUT2D eigenvalue weighted by Gasteiger charge is 2.15. The topological polar surface area (TPSA) is 23.8 Å². The summed E-state index contributed by atoms with van der Waals surface area (Å²) >= 11 is 0. The Balaban J connectivity index is 1.71. The van der Waals surface area contributed by atoms with Gasteiger partial charge in [-0.15, -0.1) is 0 Å². The number of rotatable bonds is 2. The third-order valence-corrected chi connectivity index (χ3v) is 5.13. The minimum atomic E-state index is -1.02. The molecule has 0 saturated carbocycles. The molecule has 0 N–H and O–H groups in total. The molecular weight excluding hydrogens is 395 g/mol. The van der Waals surface area contributed by atoms with Crippen LogP contribution in [0.1, 0.15) is 29.2 Å². The van der Waals surface area contributed by atoms with Gasteiger partial charge in [-0.2, -0.15) is 5.26 Å². The van der Waals surface area contributed by atoms with Crippen LogP contribution in [0.15, 0.2) is 66.7 Å². The van der Waals surface area contributed by atoms with E-state index in [4.69, 9.17) is 5.26 Å². The van der Waals surface area contributed by atoms with Crippen LogP contribution in [0.25, 0.3) is 21.9 Å². The second kappa shape index (κ2) is 8.38. The first-order chi connectivity index (χ1) is 15.0. The van der Waals surface area contributed by atoms with Gasteiger partial charge in [0, 0.05) is 22.1 Å². The maximum atomic E-state index is 15.1. The van der Waals surface area contributed by atoms with E-state index in [2.05, 4.69) is 18.8 Å². The summed E-state index contributed by atoms with van der Waals surface area (Å²) in [5.41, 5.74) is 2.28. The molecule has 150 valence electrons. The second-order valence-corrected chi connectivity index (χ2v) is 7.09. The predicted molar refractivity (Wildman–Crippen MR) is 116 cm³/mol. The van der Waals surface area contributed by atoms with Gasteiger partial charge in [0.1, 0.15) is 29.1 Å².